The molecule has 3 atom stereocenters. The summed E-state index contributed by atoms with van der Waals surface area (Å²) in [7, 11) is 0. The third-order valence-electron chi connectivity index (χ3n) is 5.20. The lowest BCUT2D eigenvalue weighted by atomic mass is 9.86. The fourth-order valence-corrected chi connectivity index (χ4v) is 4.10. The quantitative estimate of drug-likeness (QED) is 0.705. The van der Waals surface area contributed by atoms with E-state index in [-0.39, 0.29) is 18.4 Å². The molecule has 1 amide bonds. The topological polar surface area (TPSA) is 29.1 Å². The number of alkyl halides is 6. The smallest absolute Gasteiger partial charge is 0.326 e. The standard InChI is InChI=1S/C17H17F6NO/c18-16(19,20)12-6-13(17(21,22)23)8-14(7-12)24-15(25)5-11-4-9-1-2-10(11)3-9/h6-11H,1-5H2,(H,24,25)/t9-,10+,11+/m0/s1. The van der Waals surface area contributed by atoms with Gasteiger partial charge in [0.05, 0.1) is 11.1 Å². The van der Waals surface area contributed by atoms with Gasteiger partial charge in [-0.25, -0.2) is 0 Å². The lowest BCUT2D eigenvalue weighted by Crippen LogP contribution is -2.21. The predicted molar refractivity (Wildman–Crippen MR) is 78.6 cm³/mol. The number of halogens is 6. The summed E-state index contributed by atoms with van der Waals surface area (Å²) in [6.45, 7) is 0. The summed E-state index contributed by atoms with van der Waals surface area (Å²) >= 11 is 0. The van der Waals surface area contributed by atoms with Crippen molar-refractivity contribution in [2.45, 2.75) is 44.5 Å². The molecule has 2 fully saturated rings. The van der Waals surface area contributed by atoms with Crippen molar-refractivity contribution in [3.05, 3.63) is 29.3 Å². The highest BCUT2D eigenvalue weighted by atomic mass is 19.4. The molecule has 2 saturated carbocycles. The number of anilines is 1. The number of hydrogen-bond donors (Lipinski definition) is 1. The number of rotatable bonds is 3. The van der Waals surface area contributed by atoms with Gasteiger partial charge in [-0.2, -0.15) is 26.3 Å². The molecule has 2 nitrogen and oxygen atoms in total. The van der Waals surface area contributed by atoms with Crippen molar-refractivity contribution in [1.82, 2.24) is 0 Å². The molecule has 2 aliphatic rings. The normalized spacial score (nSPS) is 26.1. The van der Waals surface area contributed by atoms with Crippen LogP contribution in [0.4, 0.5) is 32.0 Å². The maximum absolute atomic E-state index is 12.8. The Hall–Kier alpha value is -1.73. The first-order chi connectivity index (χ1) is 11.5. The minimum Gasteiger partial charge on any atom is -0.326 e. The molecule has 2 bridgehead atoms. The number of benzene rings is 1. The Balaban J connectivity index is 1.75. The lowest BCUT2D eigenvalue weighted by Gasteiger charge is -2.21. The van der Waals surface area contributed by atoms with E-state index >= 15 is 0 Å². The van der Waals surface area contributed by atoms with Crippen LogP contribution in [0.15, 0.2) is 18.2 Å². The first-order valence-corrected chi connectivity index (χ1v) is 8.11. The molecule has 1 aromatic carbocycles. The van der Waals surface area contributed by atoms with Crippen molar-refractivity contribution in [3.8, 4) is 0 Å². The van der Waals surface area contributed by atoms with Gasteiger partial charge in [-0.05, 0) is 55.2 Å². The highest BCUT2D eigenvalue weighted by Crippen LogP contribution is 2.49. The molecule has 0 aliphatic heterocycles. The van der Waals surface area contributed by atoms with Crippen molar-refractivity contribution in [2.75, 3.05) is 5.32 Å². The van der Waals surface area contributed by atoms with Crippen LogP contribution >= 0.6 is 0 Å². The SMILES string of the molecule is O=C(C[C@H]1C[C@H]2CC[C@@H]1C2)Nc1cc(C(F)(F)F)cc(C(F)(F)F)c1. The van der Waals surface area contributed by atoms with Crippen molar-refractivity contribution in [1.29, 1.82) is 0 Å². The van der Waals surface area contributed by atoms with Gasteiger partial charge >= 0.3 is 12.4 Å². The van der Waals surface area contributed by atoms with Crippen LogP contribution in [0.25, 0.3) is 0 Å². The minimum absolute atomic E-state index is 0.0472. The number of carbonyl (C=O) groups is 1. The largest absolute Gasteiger partial charge is 0.416 e. The van der Waals surface area contributed by atoms with Crippen LogP contribution in [-0.2, 0) is 17.1 Å². The van der Waals surface area contributed by atoms with E-state index in [2.05, 4.69) is 5.32 Å². The molecule has 138 valence electrons. The monoisotopic (exact) mass is 365 g/mol. The van der Waals surface area contributed by atoms with Gasteiger partial charge in [-0.3, -0.25) is 4.79 Å². The summed E-state index contributed by atoms with van der Waals surface area (Å²) in [5.74, 6) is 0.688. The van der Waals surface area contributed by atoms with Gasteiger partial charge in [0, 0.05) is 12.1 Å². The van der Waals surface area contributed by atoms with Crippen molar-refractivity contribution >= 4 is 11.6 Å². The summed E-state index contributed by atoms with van der Waals surface area (Å²) in [4.78, 5) is 12.1. The molecule has 1 N–H and O–H groups in total. The van der Waals surface area contributed by atoms with Gasteiger partial charge in [0.1, 0.15) is 0 Å². The Morgan fingerprint density at radius 3 is 2.00 bits per heavy atom. The number of nitrogens with one attached hydrogen (secondary N) is 1. The Kier molecular flexibility index (Phi) is 4.49. The van der Waals surface area contributed by atoms with Gasteiger partial charge in [0.2, 0.25) is 5.91 Å². The van der Waals surface area contributed by atoms with E-state index in [4.69, 9.17) is 0 Å². The number of hydrogen-bond acceptors (Lipinski definition) is 1. The summed E-state index contributed by atoms with van der Waals surface area (Å²) < 4.78 is 76.9. The first-order valence-electron chi connectivity index (χ1n) is 8.11. The molecule has 0 unspecified atom stereocenters. The molecule has 0 aromatic heterocycles. The zero-order valence-electron chi connectivity index (χ0n) is 13.2. The second kappa shape index (κ2) is 6.21. The van der Waals surface area contributed by atoms with Gasteiger partial charge in [-0.1, -0.05) is 6.42 Å². The molecule has 25 heavy (non-hydrogen) atoms. The molecule has 0 radical (unpaired) electrons. The van der Waals surface area contributed by atoms with Crippen molar-refractivity contribution < 1.29 is 31.1 Å². The summed E-state index contributed by atoms with van der Waals surface area (Å²) in [6, 6.07) is 1.12. The summed E-state index contributed by atoms with van der Waals surface area (Å²) in [6.07, 6.45) is -5.54. The van der Waals surface area contributed by atoms with E-state index in [0.29, 0.717) is 24.0 Å². The van der Waals surface area contributed by atoms with Crippen LogP contribution in [0.1, 0.15) is 43.2 Å². The Bertz CT molecular complexity index is 634. The van der Waals surface area contributed by atoms with Crippen molar-refractivity contribution in [3.63, 3.8) is 0 Å². The second-order valence-corrected chi connectivity index (χ2v) is 6.98. The highest BCUT2D eigenvalue weighted by molar-refractivity contribution is 5.91. The van der Waals surface area contributed by atoms with Gasteiger partial charge in [0.15, 0.2) is 0 Å². The Morgan fingerprint density at radius 2 is 1.56 bits per heavy atom. The number of amides is 1. The van der Waals surface area contributed by atoms with E-state index in [1.807, 2.05) is 0 Å². The summed E-state index contributed by atoms with van der Waals surface area (Å²) in [5, 5.41) is 2.21. The molecule has 3 rings (SSSR count). The maximum Gasteiger partial charge on any atom is 0.416 e. The van der Waals surface area contributed by atoms with E-state index < -0.39 is 35.1 Å². The molecule has 0 saturated heterocycles. The Labute approximate surface area is 140 Å². The van der Waals surface area contributed by atoms with Crippen LogP contribution in [0, 0.1) is 17.8 Å². The van der Waals surface area contributed by atoms with Crippen molar-refractivity contribution in [2.24, 2.45) is 17.8 Å². The molecule has 8 heteroatoms. The van der Waals surface area contributed by atoms with E-state index in [9.17, 15) is 31.1 Å². The molecule has 1 aromatic rings. The molecule has 2 aliphatic carbocycles. The molecular weight excluding hydrogens is 348 g/mol. The number of carbonyl (C=O) groups excluding carboxylic acids is 1. The molecule has 0 heterocycles. The van der Waals surface area contributed by atoms with Gasteiger partial charge in [-0.15, -0.1) is 0 Å². The van der Waals surface area contributed by atoms with Crippen LogP contribution in [0.5, 0.6) is 0 Å². The van der Waals surface area contributed by atoms with Gasteiger partial charge in [0.25, 0.3) is 0 Å². The van der Waals surface area contributed by atoms with E-state index in [1.165, 1.54) is 0 Å². The third kappa shape index (κ3) is 4.10. The van der Waals surface area contributed by atoms with Crippen LogP contribution < -0.4 is 5.32 Å². The van der Waals surface area contributed by atoms with E-state index in [1.54, 1.807) is 0 Å². The predicted octanol–water partition coefficient (Wildman–Crippen LogP) is 5.49. The van der Waals surface area contributed by atoms with Crippen LogP contribution in [-0.4, -0.2) is 5.91 Å². The van der Waals surface area contributed by atoms with Crippen LogP contribution in [0.2, 0.25) is 0 Å². The Morgan fingerprint density at radius 1 is 0.960 bits per heavy atom. The molecular formula is C17H17F6NO. The summed E-state index contributed by atoms with van der Waals surface area (Å²) in [5.41, 5.74) is -3.34. The minimum atomic E-state index is -4.93. The van der Waals surface area contributed by atoms with E-state index in [0.717, 1.165) is 25.7 Å². The average molecular weight is 365 g/mol. The lowest BCUT2D eigenvalue weighted by molar-refractivity contribution is -0.143. The highest BCUT2D eigenvalue weighted by Gasteiger charge is 2.40. The maximum atomic E-state index is 12.8. The number of fused-ring (bicyclic) bond motifs is 2. The zero-order valence-corrected chi connectivity index (χ0v) is 13.2. The fourth-order valence-electron chi connectivity index (χ4n) is 4.10. The third-order valence-corrected chi connectivity index (χ3v) is 5.20. The average Bonchev–Trinajstić information content (AvgIpc) is 3.07. The second-order valence-electron chi connectivity index (χ2n) is 6.98. The van der Waals surface area contributed by atoms with Crippen LogP contribution in [0.3, 0.4) is 0 Å². The molecule has 0 spiro atoms. The zero-order chi connectivity index (χ0) is 18.4. The fraction of sp³-hybridized carbons (Fsp3) is 0.588. The first kappa shape index (κ1) is 18.1. The van der Waals surface area contributed by atoms with Gasteiger partial charge < -0.3 is 5.32 Å².